The van der Waals surface area contributed by atoms with Crippen LogP contribution in [0.15, 0.2) is 30.3 Å². The monoisotopic (exact) mass is 395 g/mol. The highest BCUT2D eigenvalue weighted by atomic mass is 35.5. The molecular formula is C19H23Cl2N3O2. The second-order valence-corrected chi connectivity index (χ2v) is 7.24. The number of hydrogen-bond acceptors (Lipinski definition) is 3. The molecule has 26 heavy (non-hydrogen) atoms. The molecule has 5 nitrogen and oxygen atoms in total. The molecule has 1 amide bonds. The molecule has 1 aliphatic rings. The van der Waals surface area contributed by atoms with Crippen LogP contribution in [0.4, 0.5) is 0 Å². The molecule has 0 radical (unpaired) electrons. The van der Waals surface area contributed by atoms with E-state index in [0.717, 1.165) is 24.4 Å². The number of nitrogens with one attached hydrogen (secondary N) is 1. The maximum Gasteiger partial charge on any atom is 0.268 e. The molecule has 7 heteroatoms. The lowest BCUT2D eigenvalue weighted by atomic mass is 10.0. The van der Waals surface area contributed by atoms with Crippen LogP contribution in [0.1, 0.15) is 34.9 Å². The second-order valence-electron chi connectivity index (χ2n) is 6.47. The third-order valence-corrected chi connectivity index (χ3v) is 5.71. The quantitative estimate of drug-likeness (QED) is 0.806. The number of likely N-dealkylation sites (tertiary alicyclic amines) is 1. The Morgan fingerprint density at radius 2 is 2.00 bits per heavy atom. The third kappa shape index (κ3) is 4.00. The molecule has 3 rings (SSSR count). The van der Waals surface area contributed by atoms with Crippen LogP contribution in [0.25, 0.3) is 0 Å². The Morgan fingerprint density at radius 1 is 1.27 bits per heavy atom. The highest BCUT2D eigenvalue weighted by Crippen LogP contribution is 2.28. The lowest BCUT2D eigenvalue weighted by Gasteiger charge is -2.28. The van der Waals surface area contributed by atoms with E-state index in [1.54, 1.807) is 24.8 Å². The first-order valence-electron chi connectivity index (χ1n) is 8.68. The Kier molecular flexibility index (Phi) is 6.12. The van der Waals surface area contributed by atoms with Gasteiger partial charge < -0.3 is 14.6 Å². The van der Waals surface area contributed by atoms with Crippen LogP contribution in [-0.4, -0.2) is 42.1 Å². The van der Waals surface area contributed by atoms with Gasteiger partial charge in [0.2, 0.25) is 0 Å². The first-order chi connectivity index (χ1) is 12.5. The van der Waals surface area contributed by atoms with Crippen molar-refractivity contribution in [3.05, 3.63) is 51.8 Å². The van der Waals surface area contributed by atoms with Crippen molar-refractivity contribution >= 4 is 29.1 Å². The zero-order valence-electron chi connectivity index (χ0n) is 15.0. The van der Waals surface area contributed by atoms with Crippen LogP contribution in [-0.2, 0) is 7.05 Å². The highest BCUT2D eigenvalue weighted by Gasteiger charge is 2.25. The van der Waals surface area contributed by atoms with Crippen LogP contribution in [0.2, 0.25) is 10.2 Å². The predicted octanol–water partition coefficient (Wildman–Crippen LogP) is 3.91. The Morgan fingerprint density at radius 3 is 2.62 bits per heavy atom. The van der Waals surface area contributed by atoms with Crippen molar-refractivity contribution in [3.63, 3.8) is 0 Å². The molecule has 2 aromatic rings. The van der Waals surface area contributed by atoms with Gasteiger partial charge in [-0.25, -0.2) is 0 Å². The van der Waals surface area contributed by atoms with Gasteiger partial charge in [-0.3, -0.25) is 9.69 Å². The van der Waals surface area contributed by atoms with Gasteiger partial charge in [-0.1, -0.05) is 35.3 Å². The van der Waals surface area contributed by atoms with Crippen molar-refractivity contribution in [1.82, 2.24) is 14.8 Å². The number of carbonyl (C=O) groups excluding carboxylic acids is 1. The fraction of sp³-hybridized carbons (Fsp3) is 0.421. The molecule has 0 bridgehead atoms. The fourth-order valence-corrected chi connectivity index (χ4v) is 3.78. The van der Waals surface area contributed by atoms with Gasteiger partial charge in [0.05, 0.1) is 18.2 Å². The maximum atomic E-state index is 12.6. The summed E-state index contributed by atoms with van der Waals surface area (Å²) in [4.78, 5) is 15.0. The van der Waals surface area contributed by atoms with E-state index in [1.165, 1.54) is 12.8 Å². The first kappa shape index (κ1) is 19.1. The number of nitrogens with zero attached hydrogens (tertiary/aromatic N) is 2. The predicted molar refractivity (Wildman–Crippen MR) is 104 cm³/mol. The number of rotatable bonds is 6. The number of ether oxygens (including phenoxy) is 1. The minimum absolute atomic E-state index is 0.0998. The number of carbonyl (C=O) groups is 1. The minimum atomic E-state index is -0.187. The summed E-state index contributed by atoms with van der Waals surface area (Å²) < 4.78 is 6.95. The summed E-state index contributed by atoms with van der Waals surface area (Å²) in [6.07, 6.45) is 2.36. The van der Waals surface area contributed by atoms with Gasteiger partial charge in [-0.2, -0.15) is 0 Å². The van der Waals surface area contributed by atoms with Crippen LogP contribution in [0, 0.1) is 0 Å². The van der Waals surface area contributed by atoms with E-state index < -0.39 is 0 Å². The van der Waals surface area contributed by atoms with Crippen LogP contribution in [0.5, 0.6) is 5.75 Å². The van der Waals surface area contributed by atoms with Crippen LogP contribution < -0.4 is 10.1 Å². The standard InChI is InChI=1S/C19H23Cl2N3O2/c1-23-16(11-15(20)18(23)21)19(25)22-12-17(24-8-3-4-9-24)13-6-5-7-14(10-13)26-2/h5-7,10-11,17H,3-4,8-9,12H2,1-2H3,(H,22,25)/t17-/m0/s1. The molecule has 1 saturated heterocycles. The summed E-state index contributed by atoms with van der Waals surface area (Å²) in [5.74, 6) is 0.632. The van der Waals surface area contributed by atoms with Gasteiger partial charge in [-0.05, 0) is 49.7 Å². The normalized spacial score (nSPS) is 15.8. The fourth-order valence-electron chi connectivity index (χ4n) is 3.40. The molecule has 0 saturated carbocycles. The maximum absolute atomic E-state index is 12.6. The number of benzene rings is 1. The number of methoxy groups -OCH3 is 1. The Labute approximate surface area is 163 Å². The summed E-state index contributed by atoms with van der Waals surface area (Å²) >= 11 is 12.1. The van der Waals surface area contributed by atoms with Crippen molar-refractivity contribution in [1.29, 1.82) is 0 Å². The summed E-state index contributed by atoms with van der Waals surface area (Å²) in [5.41, 5.74) is 1.58. The van der Waals surface area contributed by atoms with E-state index in [0.29, 0.717) is 22.4 Å². The topological polar surface area (TPSA) is 46.5 Å². The second kappa shape index (κ2) is 8.33. The van der Waals surface area contributed by atoms with Gasteiger partial charge in [0.25, 0.3) is 5.91 Å². The zero-order valence-corrected chi connectivity index (χ0v) is 16.5. The lowest BCUT2D eigenvalue weighted by molar-refractivity contribution is 0.0930. The SMILES string of the molecule is COc1cccc([C@H](CNC(=O)c2cc(Cl)c(Cl)n2C)N2CCCC2)c1. The molecule has 1 aliphatic heterocycles. The zero-order chi connectivity index (χ0) is 18.7. The van der Waals surface area contributed by atoms with Gasteiger partial charge in [0.1, 0.15) is 16.6 Å². The minimum Gasteiger partial charge on any atom is -0.497 e. The van der Waals surface area contributed by atoms with Gasteiger partial charge in [-0.15, -0.1) is 0 Å². The average molecular weight is 396 g/mol. The summed E-state index contributed by atoms with van der Waals surface area (Å²) in [6, 6.07) is 9.71. The molecule has 0 aliphatic carbocycles. The van der Waals surface area contributed by atoms with E-state index in [4.69, 9.17) is 27.9 Å². The average Bonchev–Trinajstić information content (AvgIpc) is 3.27. The Balaban J connectivity index is 1.77. The molecule has 140 valence electrons. The van der Waals surface area contributed by atoms with Crippen LogP contribution in [0.3, 0.4) is 0 Å². The lowest BCUT2D eigenvalue weighted by Crippen LogP contribution is -2.37. The molecule has 0 spiro atoms. The molecule has 1 aromatic carbocycles. The van der Waals surface area contributed by atoms with Gasteiger partial charge >= 0.3 is 0 Å². The number of halogens is 2. The molecule has 1 fully saturated rings. The third-order valence-electron chi connectivity index (χ3n) is 4.86. The molecular weight excluding hydrogens is 373 g/mol. The molecule has 1 N–H and O–H groups in total. The number of hydrogen-bond donors (Lipinski definition) is 1. The van der Waals surface area contributed by atoms with Crippen LogP contribution >= 0.6 is 23.2 Å². The molecule has 0 unspecified atom stereocenters. The summed E-state index contributed by atoms with van der Waals surface area (Å²) in [5, 5.41) is 3.77. The van der Waals surface area contributed by atoms with E-state index in [9.17, 15) is 4.79 Å². The van der Waals surface area contributed by atoms with Crippen molar-refractivity contribution in [2.24, 2.45) is 7.05 Å². The van der Waals surface area contributed by atoms with Gasteiger partial charge in [0.15, 0.2) is 0 Å². The van der Waals surface area contributed by atoms with Crippen molar-refractivity contribution < 1.29 is 9.53 Å². The van der Waals surface area contributed by atoms with Crippen molar-refractivity contribution in [2.75, 3.05) is 26.7 Å². The first-order valence-corrected chi connectivity index (χ1v) is 9.43. The van der Waals surface area contributed by atoms with E-state index >= 15 is 0 Å². The molecule has 1 atom stereocenters. The van der Waals surface area contributed by atoms with E-state index in [-0.39, 0.29) is 11.9 Å². The Hall–Kier alpha value is -1.69. The largest absolute Gasteiger partial charge is 0.497 e. The smallest absolute Gasteiger partial charge is 0.268 e. The summed E-state index contributed by atoms with van der Waals surface area (Å²) in [6.45, 7) is 2.56. The van der Waals surface area contributed by atoms with Crippen molar-refractivity contribution in [2.45, 2.75) is 18.9 Å². The molecule has 2 heterocycles. The van der Waals surface area contributed by atoms with E-state index in [2.05, 4.69) is 16.3 Å². The number of aromatic nitrogens is 1. The van der Waals surface area contributed by atoms with Gasteiger partial charge in [0, 0.05) is 13.6 Å². The molecule has 1 aromatic heterocycles. The number of amides is 1. The van der Waals surface area contributed by atoms with Crippen molar-refractivity contribution in [3.8, 4) is 5.75 Å². The highest BCUT2D eigenvalue weighted by molar-refractivity contribution is 6.41. The Bertz CT molecular complexity index is 785. The van der Waals surface area contributed by atoms with E-state index in [1.807, 2.05) is 18.2 Å². The summed E-state index contributed by atoms with van der Waals surface area (Å²) in [7, 11) is 3.39.